The van der Waals surface area contributed by atoms with Gasteiger partial charge in [0.1, 0.15) is 0 Å². The average Bonchev–Trinajstić information content (AvgIpc) is 2.91. The molecule has 2 nitrogen and oxygen atoms in total. The second-order valence-electron chi connectivity index (χ2n) is 9.99. The molecule has 1 heterocycles. The van der Waals surface area contributed by atoms with Crippen LogP contribution < -0.4 is 0 Å². The van der Waals surface area contributed by atoms with E-state index < -0.39 is 0 Å². The smallest absolute Gasteiger partial charge is 0.187 e. The first kappa shape index (κ1) is 25.9. The van der Waals surface area contributed by atoms with Gasteiger partial charge in [-0.2, -0.15) is 0 Å². The molecule has 0 atom stereocenters. The van der Waals surface area contributed by atoms with E-state index in [4.69, 9.17) is 0 Å². The monoisotopic (exact) mass is 477 g/mol. The molecular formula is C34H39NO. The fraction of sp³-hybridized carbons (Fsp3) is 0.324. The molecular weight excluding hydrogens is 438 g/mol. The van der Waals surface area contributed by atoms with Crippen LogP contribution in [0.25, 0.3) is 12.2 Å². The number of hydrogen-bond donors (Lipinski definition) is 0. The quantitative estimate of drug-likeness (QED) is 0.276. The van der Waals surface area contributed by atoms with Crippen LogP contribution in [0.5, 0.6) is 0 Å². The number of aryl methyl sites for hydroxylation is 2. The molecule has 2 heteroatoms. The first-order chi connectivity index (χ1) is 17.6. The SMILES string of the molecule is CCCCc1ccc(/C=C2/CN(Cc3ccccc3)C/C(=C\c3ccc(CCCC)cc3)C2=O)cc1. The number of ketones is 1. The maximum atomic E-state index is 13.6. The number of rotatable bonds is 10. The van der Waals surface area contributed by atoms with Gasteiger partial charge in [-0.05, 0) is 65.7 Å². The standard InChI is InChI=1S/C34H39NO/c1-3-5-10-27-14-18-29(19-15-27)22-32-25-35(24-31-12-8-7-9-13-31)26-33(34(32)36)23-30-20-16-28(17-21-30)11-6-4-2/h7-9,12-23H,3-6,10-11,24-26H2,1-2H3/b32-22-,33-23+. The lowest BCUT2D eigenvalue weighted by molar-refractivity contribution is -0.113. The van der Waals surface area contributed by atoms with Crippen molar-refractivity contribution in [3.63, 3.8) is 0 Å². The summed E-state index contributed by atoms with van der Waals surface area (Å²) in [4.78, 5) is 16.0. The molecule has 0 N–H and O–H groups in total. The maximum Gasteiger partial charge on any atom is 0.187 e. The Hall–Kier alpha value is -3.23. The van der Waals surface area contributed by atoms with Gasteiger partial charge in [-0.3, -0.25) is 9.69 Å². The highest BCUT2D eigenvalue weighted by molar-refractivity contribution is 6.14. The van der Waals surface area contributed by atoms with Gasteiger partial charge in [0.25, 0.3) is 0 Å². The van der Waals surface area contributed by atoms with E-state index in [1.54, 1.807) is 0 Å². The van der Waals surface area contributed by atoms with Crippen LogP contribution in [0.2, 0.25) is 0 Å². The van der Waals surface area contributed by atoms with E-state index in [2.05, 4.69) is 104 Å². The number of Topliss-reactive ketones (excluding diaryl/α,β-unsaturated/α-hetero) is 1. The van der Waals surface area contributed by atoms with E-state index in [-0.39, 0.29) is 5.78 Å². The number of benzene rings is 3. The Balaban J connectivity index is 1.58. The molecule has 1 aliphatic rings. The number of carbonyl (C=O) groups excluding carboxylic acids is 1. The fourth-order valence-corrected chi connectivity index (χ4v) is 4.79. The van der Waals surface area contributed by atoms with Crippen LogP contribution in [0, 0.1) is 0 Å². The normalized spacial score (nSPS) is 16.7. The van der Waals surface area contributed by atoms with E-state index in [9.17, 15) is 4.79 Å². The van der Waals surface area contributed by atoms with Gasteiger partial charge in [-0.1, -0.05) is 106 Å². The molecule has 1 fully saturated rings. The molecule has 0 unspecified atom stereocenters. The number of nitrogens with zero attached hydrogens (tertiary/aromatic N) is 1. The van der Waals surface area contributed by atoms with Gasteiger partial charge in [0.2, 0.25) is 0 Å². The molecule has 0 aromatic heterocycles. The summed E-state index contributed by atoms with van der Waals surface area (Å²) in [5.74, 6) is 0.171. The summed E-state index contributed by atoms with van der Waals surface area (Å²) in [6, 6.07) is 28.0. The molecule has 0 bridgehead atoms. The molecule has 186 valence electrons. The van der Waals surface area contributed by atoms with Crippen molar-refractivity contribution in [3.8, 4) is 0 Å². The van der Waals surface area contributed by atoms with Gasteiger partial charge in [-0.15, -0.1) is 0 Å². The highest BCUT2D eigenvalue weighted by atomic mass is 16.1. The topological polar surface area (TPSA) is 20.3 Å². The highest BCUT2D eigenvalue weighted by Crippen LogP contribution is 2.24. The number of piperidine rings is 1. The molecule has 1 saturated heterocycles. The van der Waals surface area contributed by atoms with Crippen molar-refractivity contribution in [1.82, 2.24) is 4.90 Å². The van der Waals surface area contributed by atoms with Crippen LogP contribution in [-0.2, 0) is 24.2 Å². The predicted octanol–water partition coefficient (Wildman–Crippen LogP) is 7.92. The molecule has 0 amide bonds. The van der Waals surface area contributed by atoms with E-state index in [0.29, 0.717) is 13.1 Å². The number of carbonyl (C=O) groups is 1. The van der Waals surface area contributed by atoms with Gasteiger partial charge in [0.15, 0.2) is 5.78 Å². The summed E-state index contributed by atoms with van der Waals surface area (Å²) < 4.78 is 0. The third-order valence-corrected chi connectivity index (χ3v) is 6.90. The molecule has 3 aromatic carbocycles. The summed E-state index contributed by atoms with van der Waals surface area (Å²) in [6.07, 6.45) is 11.2. The second-order valence-corrected chi connectivity index (χ2v) is 9.99. The lowest BCUT2D eigenvalue weighted by Crippen LogP contribution is -2.37. The summed E-state index contributed by atoms with van der Waals surface area (Å²) in [6.45, 7) is 6.60. The first-order valence-corrected chi connectivity index (χ1v) is 13.5. The summed E-state index contributed by atoms with van der Waals surface area (Å²) in [7, 11) is 0. The van der Waals surface area contributed by atoms with Crippen LogP contribution in [0.1, 0.15) is 67.3 Å². The van der Waals surface area contributed by atoms with Crippen molar-refractivity contribution in [1.29, 1.82) is 0 Å². The maximum absolute atomic E-state index is 13.6. The third kappa shape index (κ3) is 7.38. The van der Waals surface area contributed by atoms with Crippen molar-refractivity contribution in [2.75, 3.05) is 13.1 Å². The Labute approximate surface area is 217 Å². The van der Waals surface area contributed by atoms with E-state index in [1.165, 1.54) is 42.4 Å². The van der Waals surface area contributed by atoms with Gasteiger partial charge < -0.3 is 0 Å². The number of hydrogen-bond acceptors (Lipinski definition) is 2. The van der Waals surface area contributed by atoms with E-state index in [1.807, 2.05) is 6.07 Å². The minimum absolute atomic E-state index is 0.171. The van der Waals surface area contributed by atoms with Crippen molar-refractivity contribution >= 4 is 17.9 Å². The number of unbranched alkanes of at least 4 members (excludes halogenated alkanes) is 2. The Kier molecular flexibility index (Phi) is 9.47. The zero-order chi connectivity index (χ0) is 25.2. The van der Waals surface area contributed by atoms with Crippen LogP contribution >= 0.6 is 0 Å². The van der Waals surface area contributed by atoms with Gasteiger partial charge >= 0.3 is 0 Å². The van der Waals surface area contributed by atoms with E-state index in [0.717, 1.165) is 41.7 Å². The average molecular weight is 478 g/mol. The van der Waals surface area contributed by atoms with E-state index >= 15 is 0 Å². The molecule has 0 spiro atoms. The predicted molar refractivity (Wildman–Crippen MR) is 153 cm³/mol. The second kappa shape index (κ2) is 13.2. The van der Waals surface area contributed by atoms with Crippen LogP contribution in [0.15, 0.2) is 90.0 Å². The van der Waals surface area contributed by atoms with Gasteiger partial charge in [0, 0.05) is 30.8 Å². The van der Waals surface area contributed by atoms with Gasteiger partial charge in [0.05, 0.1) is 0 Å². The third-order valence-electron chi connectivity index (χ3n) is 6.90. The Bertz CT molecular complexity index is 1100. The minimum atomic E-state index is 0.171. The lowest BCUT2D eigenvalue weighted by atomic mass is 9.93. The molecule has 0 saturated carbocycles. The molecule has 1 aliphatic heterocycles. The lowest BCUT2D eigenvalue weighted by Gasteiger charge is -2.30. The zero-order valence-corrected chi connectivity index (χ0v) is 21.9. The Morgan fingerprint density at radius 2 is 1.11 bits per heavy atom. The molecule has 0 radical (unpaired) electrons. The van der Waals surface area contributed by atoms with Crippen molar-refractivity contribution in [3.05, 3.63) is 118 Å². The molecule has 4 rings (SSSR count). The highest BCUT2D eigenvalue weighted by Gasteiger charge is 2.26. The van der Waals surface area contributed by atoms with Crippen LogP contribution in [-0.4, -0.2) is 23.8 Å². The summed E-state index contributed by atoms with van der Waals surface area (Å²) in [5, 5.41) is 0. The molecule has 36 heavy (non-hydrogen) atoms. The number of likely N-dealkylation sites (tertiary alicyclic amines) is 1. The minimum Gasteiger partial charge on any atom is -0.290 e. The van der Waals surface area contributed by atoms with Gasteiger partial charge in [-0.25, -0.2) is 0 Å². The molecule has 0 aliphatic carbocycles. The Morgan fingerprint density at radius 3 is 1.56 bits per heavy atom. The summed E-state index contributed by atoms with van der Waals surface area (Å²) >= 11 is 0. The van der Waals surface area contributed by atoms with Crippen molar-refractivity contribution in [2.45, 2.75) is 58.9 Å². The fourth-order valence-electron chi connectivity index (χ4n) is 4.79. The summed E-state index contributed by atoms with van der Waals surface area (Å²) in [5.41, 5.74) is 7.92. The van der Waals surface area contributed by atoms with Crippen molar-refractivity contribution in [2.24, 2.45) is 0 Å². The largest absolute Gasteiger partial charge is 0.290 e. The first-order valence-electron chi connectivity index (χ1n) is 13.5. The molecule has 3 aromatic rings. The van der Waals surface area contributed by atoms with Crippen LogP contribution in [0.4, 0.5) is 0 Å². The Morgan fingerprint density at radius 1 is 0.639 bits per heavy atom. The zero-order valence-electron chi connectivity index (χ0n) is 21.9. The van der Waals surface area contributed by atoms with Crippen LogP contribution in [0.3, 0.4) is 0 Å². The van der Waals surface area contributed by atoms with Crippen molar-refractivity contribution < 1.29 is 4.79 Å².